The van der Waals surface area contributed by atoms with Crippen LogP contribution < -0.4 is 10.6 Å². The van der Waals surface area contributed by atoms with Crippen molar-refractivity contribution in [3.63, 3.8) is 0 Å². The highest BCUT2D eigenvalue weighted by atomic mass is 16.3. The number of para-hydroxylation sites is 1. The van der Waals surface area contributed by atoms with E-state index in [1.165, 1.54) is 6.08 Å². The molecule has 0 unspecified atom stereocenters. The first-order valence-electron chi connectivity index (χ1n) is 9.45. The minimum Gasteiger partial charge on any atom is -0.459 e. The Hall–Kier alpha value is -3.61. The van der Waals surface area contributed by atoms with Gasteiger partial charge in [0.05, 0.1) is 12.2 Å². The molecule has 0 fully saturated rings. The zero-order valence-corrected chi connectivity index (χ0v) is 16.4. The number of benzene rings is 1. The van der Waals surface area contributed by atoms with Gasteiger partial charge in [-0.15, -0.1) is 0 Å². The van der Waals surface area contributed by atoms with E-state index in [9.17, 15) is 9.59 Å². The molecular formula is C22H22N4O3. The van der Waals surface area contributed by atoms with E-state index in [2.05, 4.69) is 15.6 Å². The van der Waals surface area contributed by atoms with Crippen LogP contribution in [0.1, 0.15) is 23.3 Å². The number of carbonyl (C=O) groups excluding carboxylic acids is 2. The molecule has 2 aromatic heterocycles. The van der Waals surface area contributed by atoms with Crippen molar-refractivity contribution < 1.29 is 14.0 Å². The number of nitrogens with one attached hydrogen (secondary N) is 2. The molecule has 4 rings (SSSR count). The molecule has 1 aliphatic heterocycles. The Kier molecular flexibility index (Phi) is 5.03. The lowest BCUT2D eigenvalue weighted by Gasteiger charge is -2.14. The van der Waals surface area contributed by atoms with Crippen LogP contribution in [0.4, 0.5) is 11.5 Å². The molecule has 0 spiro atoms. The Morgan fingerprint density at radius 2 is 2.17 bits per heavy atom. The second kappa shape index (κ2) is 7.79. The SMILES string of the molecule is Cc1c(CN(C)C(=O)C=Cc2cnc3c(c2)NCCC(=O)N3)oc2ccccc12. The highest BCUT2D eigenvalue weighted by Gasteiger charge is 2.15. The van der Waals surface area contributed by atoms with Gasteiger partial charge in [-0.25, -0.2) is 4.98 Å². The Morgan fingerprint density at radius 1 is 1.34 bits per heavy atom. The topological polar surface area (TPSA) is 87.5 Å². The van der Waals surface area contributed by atoms with E-state index in [0.717, 1.165) is 33.5 Å². The van der Waals surface area contributed by atoms with Gasteiger partial charge in [0.2, 0.25) is 11.8 Å². The predicted octanol–water partition coefficient (Wildman–Crippen LogP) is 3.56. The van der Waals surface area contributed by atoms with E-state index >= 15 is 0 Å². The van der Waals surface area contributed by atoms with Crippen LogP contribution in [-0.2, 0) is 16.1 Å². The van der Waals surface area contributed by atoms with Crippen molar-refractivity contribution >= 4 is 40.4 Å². The molecule has 3 aromatic rings. The van der Waals surface area contributed by atoms with Gasteiger partial charge >= 0.3 is 0 Å². The van der Waals surface area contributed by atoms with Gasteiger partial charge in [0.15, 0.2) is 5.82 Å². The standard InChI is InChI=1S/C22H22N4O3/c1-14-16-5-3-4-6-18(16)29-19(14)13-26(2)21(28)8-7-15-11-17-22(24-12-15)25-20(27)9-10-23-17/h3-8,11-12,23H,9-10,13H2,1-2H3,(H,24,25,27). The zero-order chi connectivity index (χ0) is 20.4. The number of amides is 2. The summed E-state index contributed by atoms with van der Waals surface area (Å²) in [6.45, 7) is 2.94. The first-order valence-corrected chi connectivity index (χ1v) is 9.45. The van der Waals surface area contributed by atoms with Crippen LogP contribution in [0.15, 0.2) is 47.0 Å². The molecule has 1 aromatic carbocycles. The normalized spacial score (nSPS) is 13.7. The number of hydrogen-bond donors (Lipinski definition) is 2. The van der Waals surface area contributed by atoms with E-state index in [0.29, 0.717) is 25.3 Å². The van der Waals surface area contributed by atoms with Crippen LogP contribution in [0.25, 0.3) is 17.0 Å². The van der Waals surface area contributed by atoms with E-state index in [4.69, 9.17) is 4.42 Å². The average Bonchev–Trinajstić information content (AvgIpc) is 2.90. The van der Waals surface area contributed by atoms with Crippen molar-refractivity contribution in [2.75, 3.05) is 24.2 Å². The molecule has 1 aliphatic rings. The van der Waals surface area contributed by atoms with Crippen molar-refractivity contribution in [1.29, 1.82) is 0 Å². The van der Waals surface area contributed by atoms with E-state index in [1.54, 1.807) is 24.2 Å². The molecule has 2 N–H and O–H groups in total. The number of aryl methyl sites for hydroxylation is 1. The number of hydrogen-bond acceptors (Lipinski definition) is 5. The summed E-state index contributed by atoms with van der Waals surface area (Å²) in [5.74, 6) is 1.08. The van der Waals surface area contributed by atoms with Gasteiger partial charge < -0.3 is 20.0 Å². The van der Waals surface area contributed by atoms with Gasteiger partial charge in [0.1, 0.15) is 11.3 Å². The van der Waals surface area contributed by atoms with Gasteiger partial charge in [0, 0.05) is 43.2 Å². The number of anilines is 2. The lowest BCUT2D eigenvalue weighted by Crippen LogP contribution is -2.24. The molecule has 7 heteroatoms. The van der Waals surface area contributed by atoms with Crippen LogP contribution in [0.2, 0.25) is 0 Å². The van der Waals surface area contributed by atoms with Crippen molar-refractivity contribution in [1.82, 2.24) is 9.88 Å². The fourth-order valence-electron chi connectivity index (χ4n) is 3.28. The van der Waals surface area contributed by atoms with Crippen LogP contribution >= 0.6 is 0 Å². The molecule has 0 atom stereocenters. The number of rotatable bonds is 4. The number of furan rings is 1. The molecule has 2 amide bonds. The van der Waals surface area contributed by atoms with Crippen LogP contribution in [0, 0.1) is 6.92 Å². The second-order valence-electron chi connectivity index (χ2n) is 7.06. The van der Waals surface area contributed by atoms with E-state index in [-0.39, 0.29) is 11.8 Å². The average molecular weight is 390 g/mol. The van der Waals surface area contributed by atoms with E-state index < -0.39 is 0 Å². The Bertz CT molecular complexity index is 1120. The fourth-order valence-corrected chi connectivity index (χ4v) is 3.28. The van der Waals surface area contributed by atoms with Gasteiger partial charge in [-0.3, -0.25) is 9.59 Å². The highest BCUT2D eigenvalue weighted by Crippen LogP contribution is 2.26. The molecule has 0 bridgehead atoms. The summed E-state index contributed by atoms with van der Waals surface area (Å²) in [5.41, 5.74) is 3.39. The maximum Gasteiger partial charge on any atom is 0.246 e. The highest BCUT2D eigenvalue weighted by molar-refractivity contribution is 5.95. The number of likely N-dealkylation sites (N-methyl/N-ethyl adjacent to an activating group) is 1. The Balaban J connectivity index is 1.45. The summed E-state index contributed by atoms with van der Waals surface area (Å²) in [7, 11) is 1.74. The maximum atomic E-state index is 12.5. The monoisotopic (exact) mass is 390 g/mol. The van der Waals surface area contributed by atoms with Crippen molar-refractivity contribution in [2.24, 2.45) is 0 Å². The Morgan fingerprint density at radius 3 is 3.00 bits per heavy atom. The lowest BCUT2D eigenvalue weighted by molar-refractivity contribution is -0.125. The van der Waals surface area contributed by atoms with Gasteiger partial charge in [-0.05, 0) is 30.7 Å². The summed E-state index contributed by atoms with van der Waals surface area (Å²) in [6.07, 6.45) is 5.24. The molecular weight excluding hydrogens is 368 g/mol. The number of nitrogens with zero attached hydrogens (tertiary/aromatic N) is 2. The largest absolute Gasteiger partial charge is 0.459 e. The predicted molar refractivity (Wildman–Crippen MR) is 112 cm³/mol. The summed E-state index contributed by atoms with van der Waals surface area (Å²) >= 11 is 0. The van der Waals surface area contributed by atoms with Gasteiger partial charge in [-0.1, -0.05) is 18.2 Å². The quantitative estimate of drug-likeness (QED) is 0.665. The molecule has 0 saturated carbocycles. The van der Waals surface area contributed by atoms with Gasteiger partial charge in [0.25, 0.3) is 0 Å². The van der Waals surface area contributed by atoms with Crippen LogP contribution in [0.5, 0.6) is 0 Å². The van der Waals surface area contributed by atoms with Crippen LogP contribution in [-0.4, -0.2) is 35.3 Å². The molecule has 0 saturated heterocycles. The molecule has 7 nitrogen and oxygen atoms in total. The summed E-state index contributed by atoms with van der Waals surface area (Å²) < 4.78 is 5.89. The zero-order valence-electron chi connectivity index (χ0n) is 16.4. The number of carbonyl (C=O) groups is 2. The molecule has 148 valence electrons. The molecule has 3 heterocycles. The Labute approximate surface area is 168 Å². The summed E-state index contributed by atoms with van der Waals surface area (Å²) in [5, 5.41) is 6.99. The first kappa shape index (κ1) is 18.7. The summed E-state index contributed by atoms with van der Waals surface area (Å²) in [4.78, 5) is 30.0. The second-order valence-corrected chi connectivity index (χ2v) is 7.06. The van der Waals surface area contributed by atoms with Crippen molar-refractivity contribution in [2.45, 2.75) is 19.9 Å². The van der Waals surface area contributed by atoms with E-state index in [1.807, 2.05) is 37.3 Å². The van der Waals surface area contributed by atoms with Crippen LogP contribution in [0.3, 0.4) is 0 Å². The number of fused-ring (bicyclic) bond motifs is 2. The minimum atomic E-state index is -0.138. The summed E-state index contributed by atoms with van der Waals surface area (Å²) in [6, 6.07) is 9.71. The fraction of sp³-hybridized carbons (Fsp3) is 0.227. The maximum absolute atomic E-state index is 12.5. The number of pyridine rings is 1. The van der Waals surface area contributed by atoms with Crippen molar-refractivity contribution in [3.05, 3.63) is 59.5 Å². The smallest absolute Gasteiger partial charge is 0.246 e. The third kappa shape index (κ3) is 3.99. The number of aromatic nitrogens is 1. The third-order valence-corrected chi connectivity index (χ3v) is 4.95. The van der Waals surface area contributed by atoms with Crippen molar-refractivity contribution in [3.8, 4) is 0 Å². The first-order chi connectivity index (χ1) is 14.0. The van der Waals surface area contributed by atoms with Gasteiger partial charge in [-0.2, -0.15) is 0 Å². The lowest BCUT2D eigenvalue weighted by atomic mass is 10.1. The minimum absolute atomic E-state index is 0.0651. The molecule has 0 radical (unpaired) electrons. The molecule has 29 heavy (non-hydrogen) atoms. The third-order valence-electron chi connectivity index (χ3n) is 4.95. The molecule has 0 aliphatic carbocycles.